The molecule has 0 aliphatic carbocycles. The lowest BCUT2D eigenvalue weighted by Crippen LogP contribution is -1.98. The summed E-state index contributed by atoms with van der Waals surface area (Å²) in [6.07, 6.45) is 0.427. The van der Waals surface area contributed by atoms with Gasteiger partial charge in [0.2, 0.25) is 0 Å². The Labute approximate surface area is 86.6 Å². The van der Waals surface area contributed by atoms with E-state index in [9.17, 15) is 4.79 Å². The first-order valence-electron chi connectivity index (χ1n) is 4.03. The number of carbonyl (C=O) groups is 1. The summed E-state index contributed by atoms with van der Waals surface area (Å²) in [5.41, 5.74) is 1.63. The molecule has 68 valence electrons. The Balaban J connectivity index is 2.83. The highest BCUT2D eigenvalue weighted by Crippen LogP contribution is 2.14. The molecule has 1 rings (SSSR count). The molecule has 0 radical (unpaired) electrons. The van der Waals surface area contributed by atoms with Crippen LogP contribution in [0.5, 0.6) is 0 Å². The summed E-state index contributed by atoms with van der Waals surface area (Å²) in [5, 5.41) is 0. The first kappa shape index (κ1) is 10.2. The third-order valence-electron chi connectivity index (χ3n) is 1.61. The average Bonchev–Trinajstić information content (AvgIpc) is 2.03. The summed E-state index contributed by atoms with van der Waals surface area (Å²) in [5.74, 6) is 0.119. The van der Waals surface area contributed by atoms with Crippen LogP contribution in [-0.2, 0) is 0 Å². The van der Waals surface area contributed by atoms with Crippen LogP contribution in [0.15, 0.2) is 40.9 Å². The van der Waals surface area contributed by atoms with Crippen molar-refractivity contribution >= 4 is 21.7 Å². The lowest BCUT2D eigenvalue weighted by molar-refractivity contribution is 0.0993. The molecule has 1 aromatic carbocycles. The largest absolute Gasteiger partial charge is 0.294 e. The fourth-order valence-corrected chi connectivity index (χ4v) is 1.44. The van der Waals surface area contributed by atoms with E-state index < -0.39 is 0 Å². The second kappa shape index (κ2) is 4.38. The standard InChI is InChI=1S/C11H11BrO/c1-8(2)6-11(13)9-4-3-5-10(12)7-9/h3-5,7H,1,6H2,2H3. The van der Waals surface area contributed by atoms with E-state index in [0.717, 1.165) is 15.6 Å². The minimum atomic E-state index is 0.119. The van der Waals surface area contributed by atoms with Crippen LogP contribution >= 0.6 is 15.9 Å². The fourth-order valence-electron chi connectivity index (χ4n) is 1.04. The quantitative estimate of drug-likeness (QED) is 0.581. The molecule has 0 fully saturated rings. The van der Waals surface area contributed by atoms with Gasteiger partial charge in [0.25, 0.3) is 0 Å². The van der Waals surface area contributed by atoms with Crippen molar-refractivity contribution in [2.45, 2.75) is 13.3 Å². The maximum atomic E-state index is 11.5. The van der Waals surface area contributed by atoms with Crippen LogP contribution in [0.4, 0.5) is 0 Å². The van der Waals surface area contributed by atoms with E-state index in [4.69, 9.17) is 0 Å². The van der Waals surface area contributed by atoms with Crippen LogP contribution in [-0.4, -0.2) is 5.78 Å². The van der Waals surface area contributed by atoms with Crippen molar-refractivity contribution in [2.75, 3.05) is 0 Å². The van der Waals surface area contributed by atoms with Crippen molar-refractivity contribution in [3.63, 3.8) is 0 Å². The van der Waals surface area contributed by atoms with Crippen LogP contribution in [0.2, 0.25) is 0 Å². The highest BCUT2D eigenvalue weighted by atomic mass is 79.9. The molecule has 0 saturated carbocycles. The molecule has 0 aliphatic rings. The Bertz CT molecular complexity index is 342. The van der Waals surface area contributed by atoms with Crippen molar-refractivity contribution < 1.29 is 4.79 Å². The summed E-state index contributed by atoms with van der Waals surface area (Å²) in [7, 11) is 0. The Morgan fingerprint density at radius 3 is 2.77 bits per heavy atom. The summed E-state index contributed by atoms with van der Waals surface area (Å²) in [6, 6.07) is 7.40. The Morgan fingerprint density at radius 2 is 2.23 bits per heavy atom. The minimum absolute atomic E-state index is 0.119. The van der Waals surface area contributed by atoms with E-state index in [-0.39, 0.29) is 5.78 Å². The highest BCUT2D eigenvalue weighted by molar-refractivity contribution is 9.10. The van der Waals surface area contributed by atoms with Gasteiger partial charge in [-0.2, -0.15) is 0 Å². The van der Waals surface area contributed by atoms with E-state index >= 15 is 0 Å². The normalized spacial score (nSPS) is 9.69. The van der Waals surface area contributed by atoms with Crippen molar-refractivity contribution in [3.8, 4) is 0 Å². The Morgan fingerprint density at radius 1 is 1.54 bits per heavy atom. The third kappa shape index (κ3) is 3.15. The lowest BCUT2D eigenvalue weighted by Gasteiger charge is -2.00. The molecule has 2 heteroatoms. The predicted octanol–water partition coefficient (Wildman–Crippen LogP) is 3.60. The van der Waals surface area contributed by atoms with E-state index in [2.05, 4.69) is 22.5 Å². The van der Waals surface area contributed by atoms with E-state index in [1.54, 1.807) is 0 Å². The summed E-state index contributed by atoms with van der Waals surface area (Å²) in [6.45, 7) is 5.57. The molecule has 0 heterocycles. The van der Waals surface area contributed by atoms with Crippen LogP contribution < -0.4 is 0 Å². The lowest BCUT2D eigenvalue weighted by atomic mass is 10.1. The van der Waals surface area contributed by atoms with Crippen molar-refractivity contribution in [1.29, 1.82) is 0 Å². The highest BCUT2D eigenvalue weighted by Gasteiger charge is 2.05. The molecule has 0 aromatic heterocycles. The van der Waals surface area contributed by atoms with E-state index in [1.807, 2.05) is 31.2 Å². The number of hydrogen-bond acceptors (Lipinski definition) is 1. The van der Waals surface area contributed by atoms with Gasteiger partial charge in [-0.25, -0.2) is 0 Å². The SMILES string of the molecule is C=C(C)CC(=O)c1cccc(Br)c1. The molecule has 0 N–H and O–H groups in total. The Kier molecular flexibility index (Phi) is 3.43. The predicted molar refractivity (Wildman–Crippen MR) is 57.9 cm³/mol. The molecule has 13 heavy (non-hydrogen) atoms. The third-order valence-corrected chi connectivity index (χ3v) is 2.10. The molecule has 0 saturated heterocycles. The molecule has 0 unspecified atom stereocenters. The number of hydrogen-bond donors (Lipinski definition) is 0. The first-order chi connectivity index (χ1) is 6.09. The molecular formula is C11H11BrO. The monoisotopic (exact) mass is 238 g/mol. The minimum Gasteiger partial charge on any atom is -0.294 e. The van der Waals surface area contributed by atoms with Crippen LogP contribution in [0.3, 0.4) is 0 Å². The van der Waals surface area contributed by atoms with Gasteiger partial charge in [0, 0.05) is 16.5 Å². The maximum Gasteiger partial charge on any atom is 0.166 e. The van der Waals surface area contributed by atoms with Gasteiger partial charge in [-0.3, -0.25) is 4.79 Å². The second-order valence-electron chi connectivity index (χ2n) is 3.07. The van der Waals surface area contributed by atoms with Crippen molar-refractivity contribution in [3.05, 3.63) is 46.5 Å². The number of allylic oxidation sites excluding steroid dienone is 1. The molecule has 1 nitrogen and oxygen atoms in total. The number of rotatable bonds is 3. The fraction of sp³-hybridized carbons (Fsp3) is 0.182. The van der Waals surface area contributed by atoms with Crippen molar-refractivity contribution in [2.24, 2.45) is 0 Å². The molecule has 0 spiro atoms. The van der Waals surface area contributed by atoms with E-state index in [0.29, 0.717) is 6.42 Å². The Hall–Kier alpha value is -0.890. The second-order valence-corrected chi connectivity index (χ2v) is 3.98. The zero-order valence-corrected chi connectivity index (χ0v) is 9.10. The summed E-state index contributed by atoms with van der Waals surface area (Å²) < 4.78 is 0.931. The maximum absolute atomic E-state index is 11.5. The van der Waals surface area contributed by atoms with Gasteiger partial charge in [-0.15, -0.1) is 0 Å². The first-order valence-corrected chi connectivity index (χ1v) is 4.82. The number of benzene rings is 1. The molecule has 0 bridgehead atoms. The molecule has 1 aromatic rings. The van der Waals surface area contributed by atoms with Gasteiger partial charge in [0.15, 0.2) is 5.78 Å². The van der Waals surface area contributed by atoms with Crippen LogP contribution in [0.1, 0.15) is 23.7 Å². The zero-order chi connectivity index (χ0) is 9.84. The summed E-state index contributed by atoms with van der Waals surface area (Å²) >= 11 is 3.32. The number of Topliss-reactive ketones (excluding diaryl/α,β-unsaturated/α-hetero) is 1. The zero-order valence-electron chi connectivity index (χ0n) is 7.51. The summed E-state index contributed by atoms with van der Waals surface area (Å²) in [4.78, 5) is 11.5. The topological polar surface area (TPSA) is 17.1 Å². The van der Waals surface area contributed by atoms with Gasteiger partial charge in [-0.1, -0.05) is 40.2 Å². The van der Waals surface area contributed by atoms with E-state index in [1.165, 1.54) is 0 Å². The molecule has 0 aliphatic heterocycles. The average molecular weight is 239 g/mol. The van der Waals surface area contributed by atoms with Crippen molar-refractivity contribution in [1.82, 2.24) is 0 Å². The molecule has 0 atom stereocenters. The molecule has 0 amide bonds. The van der Waals surface area contributed by atoms with Gasteiger partial charge in [-0.05, 0) is 19.1 Å². The number of ketones is 1. The van der Waals surface area contributed by atoms with Crippen LogP contribution in [0, 0.1) is 0 Å². The van der Waals surface area contributed by atoms with Gasteiger partial charge < -0.3 is 0 Å². The number of carbonyl (C=O) groups excluding carboxylic acids is 1. The van der Waals surface area contributed by atoms with Crippen LogP contribution in [0.25, 0.3) is 0 Å². The molecular weight excluding hydrogens is 228 g/mol. The number of halogens is 1. The van der Waals surface area contributed by atoms with Gasteiger partial charge >= 0.3 is 0 Å². The smallest absolute Gasteiger partial charge is 0.166 e. The van der Waals surface area contributed by atoms with Gasteiger partial charge in [0.05, 0.1) is 0 Å². The van der Waals surface area contributed by atoms with Gasteiger partial charge in [0.1, 0.15) is 0 Å².